The van der Waals surface area contributed by atoms with E-state index >= 15 is 0 Å². The van der Waals surface area contributed by atoms with Crippen LogP contribution in [0.3, 0.4) is 0 Å². The lowest BCUT2D eigenvalue weighted by Gasteiger charge is -2.22. The van der Waals surface area contributed by atoms with Gasteiger partial charge in [-0.15, -0.1) is 0 Å². The monoisotopic (exact) mass is 204 g/mol. The van der Waals surface area contributed by atoms with Gasteiger partial charge in [-0.05, 0) is 25.5 Å². The Kier molecular flexibility index (Phi) is 2.73. The standard InChI is InChI=1S/C12H16N2O/c1-3-14-11-7-5-4-6-10(11)8-13-9(2)12(14)15/h4-7,9,13H,3,8H2,1-2H3. The highest BCUT2D eigenvalue weighted by Gasteiger charge is 2.25. The van der Waals surface area contributed by atoms with E-state index in [0.717, 1.165) is 18.8 Å². The van der Waals surface area contributed by atoms with Gasteiger partial charge in [-0.1, -0.05) is 18.2 Å². The number of rotatable bonds is 1. The quantitative estimate of drug-likeness (QED) is 0.752. The molecule has 1 aliphatic rings. The summed E-state index contributed by atoms with van der Waals surface area (Å²) in [5, 5.41) is 3.22. The highest BCUT2D eigenvalue weighted by Crippen LogP contribution is 2.23. The van der Waals surface area contributed by atoms with Gasteiger partial charge in [-0.3, -0.25) is 4.79 Å². The SMILES string of the molecule is CCN1C(=O)C(C)NCc2ccccc21. The van der Waals surface area contributed by atoms with Gasteiger partial charge in [-0.2, -0.15) is 0 Å². The van der Waals surface area contributed by atoms with Gasteiger partial charge in [0.15, 0.2) is 0 Å². The van der Waals surface area contributed by atoms with E-state index in [1.165, 1.54) is 5.56 Å². The molecule has 15 heavy (non-hydrogen) atoms. The number of carbonyl (C=O) groups is 1. The Morgan fingerprint density at radius 1 is 1.47 bits per heavy atom. The molecule has 1 aromatic rings. The molecule has 1 aromatic carbocycles. The fourth-order valence-electron chi connectivity index (χ4n) is 1.95. The molecule has 0 saturated heterocycles. The lowest BCUT2D eigenvalue weighted by Crippen LogP contribution is -2.42. The predicted octanol–water partition coefficient (Wildman–Crippen LogP) is 1.53. The van der Waals surface area contributed by atoms with Crippen molar-refractivity contribution in [1.29, 1.82) is 0 Å². The van der Waals surface area contributed by atoms with Crippen LogP contribution in [0, 0.1) is 0 Å². The number of anilines is 1. The maximum Gasteiger partial charge on any atom is 0.243 e. The molecular formula is C12H16N2O. The fourth-order valence-corrected chi connectivity index (χ4v) is 1.95. The van der Waals surface area contributed by atoms with Gasteiger partial charge in [0, 0.05) is 18.8 Å². The Hall–Kier alpha value is -1.35. The van der Waals surface area contributed by atoms with E-state index in [9.17, 15) is 4.79 Å². The van der Waals surface area contributed by atoms with Gasteiger partial charge < -0.3 is 10.2 Å². The van der Waals surface area contributed by atoms with Gasteiger partial charge in [0.1, 0.15) is 0 Å². The Morgan fingerprint density at radius 2 is 2.20 bits per heavy atom. The Morgan fingerprint density at radius 3 is 2.93 bits per heavy atom. The number of hydrogen-bond acceptors (Lipinski definition) is 2. The van der Waals surface area contributed by atoms with Crippen LogP contribution in [0.5, 0.6) is 0 Å². The van der Waals surface area contributed by atoms with Crippen molar-refractivity contribution in [3.8, 4) is 0 Å². The van der Waals surface area contributed by atoms with Crippen molar-refractivity contribution in [3.63, 3.8) is 0 Å². The molecule has 1 atom stereocenters. The second kappa shape index (κ2) is 4.03. The molecule has 1 unspecified atom stereocenters. The van der Waals surface area contributed by atoms with Crippen LogP contribution < -0.4 is 10.2 Å². The molecule has 3 nitrogen and oxygen atoms in total. The molecule has 1 N–H and O–H groups in total. The van der Waals surface area contributed by atoms with Crippen molar-refractivity contribution >= 4 is 11.6 Å². The van der Waals surface area contributed by atoms with Crippen LogP contribution >= 0.6 is 0 Å². The fraction of sp³-hybridized carbons (Fsp3) is 0.417. The number of amides is 1. The molecule has 0 aromatic heterocycles. The zero-order valence-corrected chi connectivity index (χ0v) is 9.16. The zero-order valence-electron chi connectivity index (χ0n) is 9.16. The maximum atomic E-state index is 12.0. The number of nitrogens with zero attached hydrogens (tertiary/aromatic N) is 1. The largest absolute Gasteiger partial charge is 0.311 e. The molecule has 0 aliphatic carbocycles. The minimum Gasteiger partial charge on any atom is -0.311 e. The maximum absolute atomic E-state index is 12.0. The van der Waals surface area contributed by atoms with Crippen LogP contribution in [0.4, 0.5) is 5.69 Å². The highest BCUT2D eigenvalue weighted by atomic mass is 16.2. The van der Waals surface area contributed by atoms with E-state index in [2.05, 4.69) is 11.4 Å². The molecule has 0 saturated carbocycles. The molecular weight excluding hydrogens is 188 g/mol. The first-order chi connectivity index (χ1) is 7.24. The molecule has 0 radical (unpaired) electrons. The molecule has 1 amide bonds. The number of nitrogens with one attached hydrogen (secondary N) is 1. The Bertz CT molecular complexity index is 376. The van der Waals surface area contributed by atoms with Crippen LogP contribution in [0.25, 0.3) is 0 Å². The van der Waals surface area contributed by atoms with E-state index in [0.29, 0.717) is 0 Å². The van der Waals surface area contributed by atoms with Crippen molar-refractivity contribution in [2.24, 2.45) is 0 Å². The number of para-hydroxylation sites is 1. The van der Waals surface area contributed by atoms with Gasteiger partial charge in [0.2, 0.25) is 5.91 Å². The summed E-state index contributed by atoms with van der Waals surface area (Å²) in [6, 6.07) is 7.96. The van der Waals surface area contributed by atoms with Crippen LogP contribution in [-0.2, 0) is 11.3 Å². The normalized spacial score (nSPS) is 21.1. The second-order valence-electron chi connectivity index (χ2n) is 3.81. The average molecular weight is 204 g/mol. The highest BCUT2D eigenvalue weighted by molar-refractivity contribution is 5.98. The second-order valence-corrected chi connectivity index (χ2v) is 3.81. The third-order valence-corrected chi connectivity index (χ3v) is 2.83. The number of fused-ring (bicyclic) bond motifs is 1. The summed E-state index contributed by atoms with van der Waals surface area (Å²) in [6.45, 7) is 5.41. The molecule has 2 rings (SSSR count). The third kappa shape index (κ3) is 1.75. The van der Waals surface area contributed by atoms with Gasteiger partial charge in [-0.25, -0.2) is 0 Å². The smallest absolute Gasteiger partial charge is 0.243 e. The number of carbonyl (C=O) groups excluding carboxylic acids is 1. The van der Waals surface area contributed by atoms with Crippen molar-refractivity contribution in [2.45, 2.75) is 26.4 Å². The van der Waals surface area contributed by atoms with Gasteiger partial charge in [0.25, 0.3) is 0 Å². The van der Waals surface area contributed by atoms with E-state index in [1.54, 1.807) is 0 Å². The van der Waals surface area contributed by atoms with Gasteiger partial charge >= 0.3 is 0 Å². The lowest BCUT2D eigenvalue weighted by molar-refractivity contribution is -0.120. The van der Waals surface area contributed by atoms with Gasteiger partial charge in [0.05, 0.1) is 6.04 Å². The van der Waals surface area contributed by atoms with Crippen molar-refractivity contribution in [1.82, 2.24) is 5.32 Å². The minimum absolute atomic E-state index is 0.0997. The van der Waals surface area contributed by atoms with Crippen molar-refractivity contribution in [2.75, 3.05) is 11.4 Å². The predicted molar refractivity (Wildman–Crippen MR) is 60.8 cm³/mol. The molecule has 0 fully saturated rings. The summed E-state index contributed by atoms with van der Waals surface area (Å²) >= 11 is 0. The summed E-state index contributed by atoms with van der Waals surface area (Å²) in [5.74, 6) is 0.155. The molecule has 80 valence electrons. The number of hydrogen-bond donors (Lipinski definition) is 1. The molecule has 1 aliphatic heterocycles. The van der Waals surface area contributed by atoms with E-state index in [1.807, 2.05) is 36.9 Å². The van der Waals surface area contributed by atoms with E-state index in [-0.39, 0.29) is 11.9 Å². The van der Waals surface area contributed by atoms with Crippen molar-refractivity contribution < 1.29 is 4.79 Å². The number of benzene rings is 1. The van der Waals surface area contributed by atoms with E-state index in [4.69, 9.17) is 0 Å². The van der Waals surface area contributed by atoms with E-state index < -0.39 is 0 Å². The summed E-state index contributed by atoms with van der Waals surface area (Å²) < 4.78 is 0. The molecule has 0 spiro atoms. The van der Waals surface area contributed by atoms with Crippen molar-refractivity contribution in [3.05, 3.63) is 29.8 Å². The van der Waals surface area contributed by atoms with Crippen LogP contribution in [-0.4, -0.2) is 18.5 Å². The zero-order chi connectivity index (χ0) is 10.8. The topological polar surface area (TPSA) is 32.3 Å². The Labute approximate surface area is 90.1 Å². The van der Waals surface area contributed by atoms with Crippen LogP contribution in [0.15, 0.2) is 24.3 Å². The lowest BCUT2D eigenvalue weighted by atomic mass is 10.1. The minimum atomic E-state index is -0.0997. The first kappa shape index (κ1) is 10.2. The summed E-state index contributed by atoms with van der Waals surface area (Å²) in [5.41, 5.74) is 2.24. The summed E-state index contributed by atoms with van der Waals surface area (Å²) in [7, 11) is 0. The average Bonchev–Trinajstić information content (AvgIpc) is 2.38. The summed E-state index contributed by atoms with van der Waals surface area (Å²) in [6.07, 6.45) is 0. The number of likely N-dealkylation sites (N-methyl/N-ethyl adjacent to an activating group) is 1. The first-order valence-electron chi connectivity index (χ1n) is 5.36. The van der Waals surface area contributed by atoms with Crippen LogP contribution in [0.2, 0.25) is 0 Å². The first-order valence-corrected chi connectivity index (χ1v) is 5.36. The molecule has 1 heterocycles. The summed E-state index contributed by atoms with van der Waals surface area (Å²) in [4.78, 5) is 13.8. The Balaban J connectivity index is 2.45. The molecule has 0 bridgehead atoms. The van der Waals surface area contributed by atoms with Crippen LogP contribution in [0.1, 0.15) is 19.4 Å². The third-order valence-electron chi connectivity index (χ3n) is 2.83. The molecule has 3 heteroatoms.